The van der Waals surface area contributed by atoms with E-state index in [1.165, 1.54) is 0 Å². The van der Waals surface area contributed by atoms with E-state index in [-0.39, 0.29) is 30.7 Å². The standard InChI is InChI=1S/C25H23Cl2N3O3/c26-21-14-20(15-22(27)16-21)25(33)30-11-9-29(10-12-30)23(31)7-8-28-24(32)19-6-5-17-3-1-2-4-18(17)13-19/h1-6,13-16H,7-12H2,(H,28,32). The molecule has 8 heteroatoms. The molecule has 3 aromatic carbocycles. The molecule has 0 aliphatic carbocycles. The van der Waals surface area contributed by atoms with Crippen LogP contribution in [-0.2, 0) is 4.79 Å². The molecule has 1 aliphatic heterocycles. The SMILES string of the molecule is O=C(NCCC(=O)N1CCN(C(=O)c2cc(Cl)cc(Cl)c2)CC1)c1ccc2ccccc2c1. The highest BCUT2D eigenvalue weighted by Crippen LogP contribution is 2.21. The van der Waals surface area contributed by atoms with Gasteiger partial charge in [0.2, 0.25) is 5.91 Å². The Bertz CT molecular complexity index is 1190. The van der Waals surface area contributed by atoms with Crippen molar-refractivity contribution in [3.8, 4) is 0 Å². The van der Waals surface area contributed by atoms with Crippen molar-refractivity contribution in [1.82, 2.24) is 15.1 Å². The van der Waals surface area contributed by atoms with E-state index in [2.05, 4.69) is 5.32 Å². The highest BCUT2D eigenvalue weighted by molar-refractivity contribution is 6.35. The van der Waals surface area contributed by atoms with Gasteiger partial charge in [0, 0.05) is 60.3 Å². The molecular formula is C25H23Cl2N3O3. The lowest BCUT2D eigenvalue weighted by Crippen LogP contribution is -2.51. The van der Waals surface area contributed by atoms with Crippen molar-refractivity contribution in [3.05, 3.63) is 81.8 Å². The number of amides is 3. The molecule has 170 valence electrons. The average molecular weight is 484 g/mol. The predicted octanol–water partition coefficient (Wildman–Crippen LogP) is 4.25. The summed E-state index contributed by atoms with van der Waals surface area (Å²) in [4.78, 5) is 41.1. The van der Waals surface area contributed by atoms with Crippen LogP contribution in [0.5, 0.6) is 0 Å². The number of nitrogens with one attached hydrogen (secondary N) is 1. The maximum absolute atomic E-state index is 12.7. The molecule has 4 rings (SSSR count). The molecule has 6 nitrogen and oxygen atoms in total. The number of carbonyl (C=O) groups is 3. The Hall–Kier alpha value is -3.09. The van der Waals surface area contributed by atoms with Crippen molar-refractivity contribution in [3.63, 3.8) is 0 Å². The summed E-state index contributed by atoms with van der Waals surface area (Å²) in [6.07, 6.45) is 0.206. The van der Waals surface area contributed by atoms with Crippen molar-refractivity contribution in [2.24, 2.45) is 0 Å². The van der Waals surface area contributed by atoms with Gasteiger partial charge in [-0.15, -0.1) is 0 Å². The molecule has 0 aromatic heterocycles. The third kappa shape index (κ3) is 5.64. The lowest BCUT2D eigenvalue weighted by Gasteiger charge is -2.35. The van der Waals surface area contributed by atoms with Gasteiger partial charge in [-0.2, -0.15) is 0 Å². The fourth-order valence-corrected chi connectivity index (χ4v) is 4.42. The van der Waals surface area contributed by atoms with Crippen molar-refractivity contribution in [2.75, 3.05) is 32.7 Å². The second-order valence-electron chi connectivity index (χ2n) is 7.90. The van der Waals surface area contributed by atoms with Gasteiger partial charge in [0.05, 0.1) is 0 Å². The van der Waals surface area contributed by atoms with Gasteiger partial charge < -0.3 is 15.1 Å². The van der Waals surface area contributed by atoms with Crippen LogP contribution < -0.4 is 5.32 Å². The molecule has 0 spiro atoms. The minimum Gasteiger partial charge on any atom is -0.352 e. The lowest BCUT2D eigenvalue weighted by atomic mass is 10.1. The molecule has 0 saturated carbocycles. The zero-order valence-electron chi connectivity index (χ0n) is 17.9. The highest BCUT2D eigenvalue weighted by atomic mass is 35.5. The van der Waals surface area contributed by atoms with Crippen LogP contribution in [0.1, 0.15) is 27.1 Å². The molecule has 0 unspecified atom stereocenters. The number of rotatable bonds is 5. The fourth-order valence-electron chi connectivity index (χ4n) is 3.89. The first-order valence-corrected chi connectivity index (χ1v) is 11.5. The van der Waals surface area contributed by atoms with Gasteiger partial charge in [0.1, 0.15) is 0 Å². The number of halogens is 2. The summed E-state index contributed by atoms with van der Waals surface area (Å²) < 4.78 is 0. The van der Waals surface area contributed by atoms with Crippen LogP contribution in [0.2, 0.25) is 10.0 Å². The Balaban J connectivity index is 1.24. The molecular weight excluding hydrogens is 461 g/mol. The van der Waals surface area contributed by atoms with Gasteiger partial charge in [-0.3, -0.25) is 14.4 Å². The molecule has 3 aromatic rings. The molecule has 0 atom stereocenters. The second kappa shape index (κ2) is 10.2. The second-order valence-corrected chi connectivity index (χ2v) is 8.77. The number of benzene rings is 3. The van der Waals surface area contributed by atoms with E-state index in [4.69, 9.17) is 23.2 Å². The molecule has 1 N–H and O–H groups in total. The van der Waals surface area contributed by atoms with E-state index >= 15 is 0 Å². The maximum Gasteiger partial charge on any atom is 0.254 e. The first-order chi connectivity index (χ1) is 15.9. The van der Waals surface area contributed by atoms with Crippen LogP contribution in [-0.4, -0.2) is 60.2 Å². The van der Waals surface area contributed by atoms with E-state index < -0.39 is 0 Å². The Labute approximate surface area is 202 Å². The summed E-state index contributed by atoms with van der Waals surface area (Å²) in [6.45, 7) is 2.00. The van der Waals surface area contributed by atoms with Crippen LogP contribution in [0.3, 0.4) is 0 Å². The topological polar surface area (TPSA) is 69.7 Å². The van der Waals surface area contributed by atoms with Gasteiger partial charge in [0.25, 0.3) is 11.8 Å². The molecule has 33 heavy (non-hydrogen) atoms. The predicted molar refractivity (Wildman–Crippen MR) is 130 cm³/mol. The zero-order chi connectivity index (χ0) is 23.4. The number of carbonyl (C=O) groups excluding carboxylic acids is 3. The largest absolute Gasteiger partial charge is 0.352 e. The van der Waals surface area contributed by atoms with E-state index in [0.29, 0.717) is 47.4 Å². The summed E-state index contributed by atoms with van der Waals surface area (Å²) in [5, 5.41) is 5.70. The van der Waals surface area contributed by atoms with Crippen LogP contribution >= 0.6 is 23.2 Å². The van der Waals surface area contributed by atoms with Gasteiger partial charge in [-0.05, 0) is 41.1 Å². The van der Waals surface area contributed by atoms with Gasteiger partial charge in [-0.25, -0.2) is 0 Å². The molecule has 0 bridgehead atoms. The average Bonchev–Trinajstić information content (AvgIpc) is 2.82. The van der Waals surface area contributed by atoms with E-state index in [0.717, 1.165) is 10.8 Å². The Morgan fingerprint density at radius 3 is 2.09 bits per heavy atom. The summed E-state index contributed by atoms with van der Waals surface area (Å²) in [7, 11) is 0. The smallest absolute Gasteiger partial charge is 0.254 e. The minimum absolute atomic E-state index is 0.0493. The van der Waals surface area contributed by atoms with Crippen molar-refractivity contribution >= 4 is 51.7 Å². The Morgan fingerprint density at radius 2 is 1.39 bits per heavy atom. The highest BCUT2D eigenvalue weighted by Gasteiger charge is 2.25. The normalized spacial score (nSPS) is 13.8. The number of hydrogen-bond acceptors (Lipinski definition) is 3. The molecule has 1 heterocycles. The Kier molecular flexibility index (Phi) is 7.16. The van der Waals surface area contributed by atoms with Gasteiger partial charge >= 0.3 is 0 Å². The van der Waals surface area contributed by atoms with Gasteiger partial charge in [0.15, 0.2) is 0 Å². The van der Waals surface area contributed by atoms with E-state index in [9.17, 15) is 14.4 Å². The third-order valence-corrected chi connectivity index (χ3v) is 6.10. The number of fused-ring (bicyclic) bond motifs is 1. The van der Waals surface area contributed by atoms with Crippen LogP contribution in [0, 0.1) is 0 Å². The lowest BCUT2D eigenvalue weighted by molar-refractivity contribution is -0.132. The van der Waals surface area contributed by atoms with Crippen LogP contribution in [0.15, 0.2) is 60.7 Å². The van der Waals surface area contributed by atoms with Crippen LogP contribution in [0.4, 0.5) is 0 Å². The maximum atomic E-state index is 12.7. The van der Waals surface area contributed by atoms with Crippen molar-refractivity contribution in [2.45, 2.75) is 6.42 Å². The zero-order valence-corrected chi connectivity index (χ0v) is 19.4. The summed E-state index contributed by atoms with van der Waals surface area (Å²) in [5.74, 6) is -0.412. The molecule has 1 fully saturated rings. The van der Waals surface area contributed by atoms with Crippen LogP contribution in [0.25, 0.3) is 10.8 Å². The summed E-state index contributed by atoms with van der Waals surface area (Å²) in [5.41, 5.74) is 0.998. The Morgan fingerprint density at radius 1 is 0.758 bits per heavy atom. The molecule has 0 radical (unpaired) electrons. The number of hydrogen-bond donors (Lipinski definition) is 1. The first kappa shape index (κ1) is 23.1. The summed E-state index contributed by atoms with van der Waals surface area (Å²) in [6, 6.07) is 18.1. The quantitative estimate of drug-likeness (QED) is 0.589. The summed E-state index contributed by atoms with van der Waals surface area (Å²) >= 11 is 12.0. The molecule has 1 saturated heterocycles. The van der Waals surface area contributed by atoms with Crippen molar-refractivity contribution in [1.29, 1.82) is 0 Å². The minimum atomic E-state index is -0.204. The number of nitrogens with zero attached hydrogens (tertiary/aromatic N) is 2. The molecule has 3 amide bonds. The van der Waals surface area contributed by atoms with Crippen molar-refractivity contribution < 1.29 is 14.4 Å². The first-order valence-electron chi connectivity index (χ1n) is 10.7. The third-order valence-electron chi connectivity index (χ3n) is 5.67. The molecule has 1 aliphatic rings. The monoisotopic (exact) mass is 483 g/mol. The fraction of sp³-hybridized carbons (Fsp3) is 0.240. The van der Waals surface area contributed by atoms with E-state index in [1.54, 1.807) is 34.1 Å². The number of piperazine rings is 1. The van der Waals surface area contributed by atoms with E-state index in [1.807, 2.05) is 36.4 Å². The van der Waals surface area contributed by atoms with Gasteiger partial charge in [-0.1, -0.05) is 53.5 Å².